The lowest BCUT2D eigenvalue weighted by atomic mass is 9.50. The third kappa shape index (κ3) is 1.81. The molecule has 2 aliphatic carbocycles. The molecule has 30 heavy (non-hydrogen) atoms. The molecule has 2 saturated heterocycles. The van der Waals surface area contributed by atoms with Crippen LogP contribution in [-0.2, 0) is 29.3 Å². The fourth-order valence-corrected chi connectivity index (χ4v) is 8.34. The molecular formula is C23H28N2O5. The number of esters is 1. The van der Waals surface area contributed by atoms with Crippen molar-refractivity contribution in [3.05, 3.63) is 29.8 Å². The van der Waals surface area contributed by atoms with Crippen LogP contribution >= 0.6 is 0 Å². The maximum Gasteiger partial charge on any atom is 0.302 e. The SMILES string of the molecule is CON1C(=O)C2(c3ccccc31)C1CC3C(CO1)C1C2C3(C(C)OC(C)=O)CN1C. The zero-order chi connectivity index (χ0) is 21.0. The van der Waals surface area contributed by atoms with Crippen LogP contribution in [0.1, 0.15) is 25.8 Å². The van der Waals surface area contributed by atoms with E-state index >= 15 is 0 Å². The lowest BCUT2D eigenvalue weighted by Crippen LogP contribution is -2.66. The lowest BCUT2D eigenvalue weighted by Gasteiger charge is -2.57. The van der Waals surface area contributed by atoms with Crippen molar-refractivity contribution in [1.82, 2.24) is 4.90 Å². The highest BCUT2D eigenvalue weighted by Crippen LogP contribution is 2.74. The lowest BCUT2D eigenvalue weighted by molar-refractivity contribution is -0.193. The Morgan fingerprint density at radius 1 is 1.33 bits per heavy atom. The van der Waals surface area contributed by atoms with Gasteiger partial charge in [0, 0.05) is 36.8 Å². The van der Waals surface area contributed by atoms with Gasteiger partial charge in [-0.1, -0.05) is 18.2 Å². The first-order valence-electron chi connectivity index (χ1n) is 10.9. The Hall–Kier alpha value is -1.96. The van der Waals surface area contributed by atoms with Crippen LogP contribution in [0, 0.1) is 23.2 Å². The van der Waals surface area contributed by atoms with E-state index in [9.17, 15) is 9.59 Å². The van der Waals surface area contributed by atoms with E-state index < -0.39 is 5.41 Å². The van der Waals surface area contributed by atoms with Crippen LogP contribution in [0.3, 0.4) is 0 Å². The molecule has 1 amide bonds. The maximum atomic E-state index is 14.2. The fraction of sp³-hybridized carbons (Fsp3) is 0.652. The summed E-state index contributed by atoms with van der Waals surface area (Å²) in [5.74, 6) is 0.439. The molecule has 0 radical (unpaired) electrons. The average Bonchev–Trinajstić information content (AvgIpc) is 3.19. The van der Waals surface area contributed by atoms with Gasteiger partial charge in [0.1, 0.15) is 11.5 Å². The van der Waals surface area contributed by atoms with Crippen molar-refractivity contribution in [1.29, 1.82) is 0 Å². The standard InChI is InChI=1S/C23H28N2O5/c1-12(30-13(2)26)22-11-24(3)19-14-10-29-18(9-16(14)22)23(20(19)22)15-7-5-6-8-17(15)25(28-4)21(23)27/h5-8,12,14,16,18-20H,9-11H2,1-4H3. The van der Waals surface area contributed by atoms with Gasteiger partial charge in [-0.3, -0.25) is 14.4 Å². The molecule has 5 aliphatic rings. The number of hydrogen-bond donors (Lipinski definition) is 0. The topological polar surface area (TPSA) is 68.3 Å². The van der Waals surface area contributed by atoms with E-state index in [0.29, 0.717) is 18.4 Å². The van der Waals surface area contributed by atoms with Crippen molar-refractivity contribution in [3.8, 4) is 0 Å². The van der Waals surface area contributed by atoms with Crippen molar-refractivity contribution in [2.24, 2.45) is 23.2 Å². The van der Waals surface area contributed by atoms with Gasteiger partial charge in [0.2, 0.25) is 0 Å². The van der Waals surface area contributed by atoms with Gasteiger partial charge in [-0.2, -0.15) is 5.06 Å². The first-order chi connectivity index (χ1) is 14.4. The van der Waals surface area contributed by atoms with E-state index in [1.807, 2.05) is 25.1 Å². The monoisotopic (exact) mass is 412 g/mol. The number of likely N-dealkylation sites (tertiary alicyclic amines) is 1. The Kier molecular flexibility index (Phi) is 3.65. The van der Waals surface area contributed by atoms with Crippen molar-refractivity contribution in [3.63, 3.8) is 0 Å². The zero-order valence-electron chi connectivity index (χ0n) is 17.8. The summed E-state index contributed by atoms with van der Waals surface area (Å²) >= 11 is 0. The molecule has 7 heteroatoms. The molecule has 1 aromatic rings. The number of hydroxylamine groups is 1. The molecule has 6 rings (SSSR count). The minimum absolute atomic E-state index is 0.00870. The van der Waals surface area contributed by atoms with Crippen LogP contribution in [0.2, 0.25) is 0 Å². The minimum Gasteiger partial charge on any atom is -0.462 e. The van der Waals surface area contributed by atoms with Crippen LogP contribution < -0.4 is 5.06 Å². The molecule has 4 fully saturated rings. The van der Waals surface area contributed by atoms with Gasteiger partial charge in [0.15, 0.2) is 0 Å². The summed E-state index contributed by atoms with van der Waals surface area (Å²) in [6, 6.07) is 8.16. The summed E-state index contributed by atoms with van der Waals surface area (Å²) in [6.07, 6.45) is 0.357. The van der Waals surface area contributed by atoms with Crippen molar-refractivity contribution in [2.45, 2.75) is 43.9 Å². The molecule has 5 bridgehead atoms. The molecule has 2 saturated carbocycles. The smallest absolute Gasteiger partial charge is 0.302 e. The Balaban J connectivity index is 1.62. The molecule has 3 aliphatic heterocycles. The first-order valence-corrected chi connectivity index (χ1v) is 10.9. The van der Waals surface area contributed by atoms with Gasteiger partial charge in [-0.25, -0.2) is 0 Å². The third-order valence-electron chi connectivity index (χ3n) is 8.94. The van der Waals surface area contributed by atoms with Crippen LogP contribution in [0.5, 0.6) is 0 Å². The van der Waals surface area contributed by atoms with E-state index in [0.717, 1.165) is 24.2 Å². The number of fused-ring (bicyclic) bond motifs is 5. The zero-order valence-corrected chi connectivity index (χ0v) is 17.8. The quantitative estimate of drug-likeness (QED) is 0.705. The Bertz CT molecular complexity index is 951. The molecular weight excluding hydrogens is 384 g/mol. The van der Waals surface area contributed by atoms with Gasteiger partial charge < -0.3 is 14.4 Å². The number of amides is 1. The number of carbonyl (C=O) groups is 2. The van der Waals surface area contributed by atoms with Crippen molar-refractivity contribution >= 4 is 17.6 Å². The number of benzene rings is 1. The second-order valence-corrected chi connectivity index (χ2v) is 9.74. The van der Waals surface area contributed by atoms with Crippen LogP contribution in [0.15, 0.2) is 24.3 Å². The summed E-state index contributed by atoms with van der Waals surface area (Å²) in [5.41, 5.74) is 0.702. The van der Waals surface area contributed by atoms with E-state index in [2.05, 4.69) is 18.0 Å². The first kappa shape index (κ1) is 18.8. The highest BCUT2D eigenvalue weighted by atomic mass is 16.7. The number of rotatable bonds is 3. The highest BCUT2D eigenvalue weighted by Gasteiger charge is 2.82. The van der Waals surface area contributed by atoms with Gasteiger partial charge >= 0.3 is 5.97 Å². The van der Waals surface area contributed by atoms with Gasteiger partial charge in [-0.05, 0) is 37.9 Å². The Morgan fingerprint density at radius 3 is 2.83 bits per heavy atom. The molecule has 7 nitrogen and oxygen atoms in total. The largest absolute Gasteiger partial charge is 0.462 e. The molecule has 8 unspecified atom stereocenters. The van der Waals surface area contributed by atoms with Gasteiger partial charge in [-0.15, -0.1) is 0 Å². The molecule has 160 valence electrons. The fourth-order valence-electron chi connectivity index (χ4n) is 8.34. The van der Waals surface area contributed by atoms with Gasteiger partial charge in [0.25, 0.3) is 5.91 Å². The normalized spacial score (nSPS) is 44.1. The van der Waals surface area contributed by atoms with Crippen molar-refractivity contribution in [2.75, 3.05) is 32.4 Å². The molecule has 1 aromatic carbocycles. The van der Waals surface area contributed by atoms with E-state index in [-0.39, 0.29) is 41.5 Å². The number of ether oxygens (including phenoxy) is 2. The predicted octanol–water partition coefficient (Wildman–Crippen LogP) is 1.75. The van der Waals surface area contributed by atoms with Crippen LogP contribution in [0.4, 0.5) is 5.69 Å². The summed E-state index contributed by atoms with van der Waals surface area (Å²) in [5, 5.41) is 1.45. The Morgan fingerprint density at radius 2 is 2.10 bits per heavy atom. The molecule has 8 atom stereocenters. The summed E-state index contributed by atoms with van der Waals surface area (Å²) in [7, 11) is 3.69. The molecule has 3 heterocycles. The van der Waals surface area contributed by atoms with Crippen LogP contribution in [-0.4, -0.2) is 62.3 Å². The van der Waals surface area contributed by atoms with E-state index in [4.69, 9.17) is 14.3 Å². The van der Waals surface area contributed by atoms with E-state index in [1.165, 1.54) is 12.0 Å². The van der Waals surface area contributed by atoms with Gasteiger partial charge in [0.05, 0.1) is 25.5 Å². The van der Waals surface area contributed by atoms with E-state index in [1.54, 1.807) is 7.11 Å². The average molecular weight is 412 g/mol. The molecule has 0 N–H and O–H groups in total. The molecule has 0 aromatic heterocycles. The number of nitrogens with zero attached hydrogens (tertiary/aromatic N) is 2. The number of piperidine rings is 1. The number of hydrogen-bond acceptors (Lipinski definition) is 6. The summed E-state index contributed by atoms with van der Waals surface area (Å²) in [6.45, 7) is 4.98. The highest BCUT2D eigenvalue weighted by molar-refractivity contribution is 6.08. The number of anilines is 1. The predicted molar refractivity (Wildman–Crippen MR) is 108 cm³/mol. The summed E-state index contributed by atoms with van der Waals surface area (Å²) < 4.78 is 12.3. The Labute approximate surface area is 176 Å². The number of carbonyl (C=O) groups excluding carboxylic acids is 2. The second kappa shape index (κ2) is 5.84. The van der Waals surface area contributed by atoms with Crippen molar-refractivity contribution < 1.29 is 23.9 Å². The second-order valence-electron chi connectivity index (χ2n) is 9.74. The maximum absolute atomic E-state index is 14.2. The minimum atomic E-state index is -0.821. The number of para-hydroxylation sites is 1. The molecule has 1 spiro atoms. The third-order valence-corrected chi connectivity index (χ3v) is 8.94. The summed E-state index contributed by atoms with van der Waals surface area (Å²) in [4.78, 5) is 34.1. The van der Waals surface area contributed by atoms with Crippen LogP contribution in [0.25, 0.3) is 0 Å².